The van der Waals surface area contributed by atoms with E-state index < -0.39 is 0 Å². The maximum Gasteiger partial charge on any atom is 0.294 e. The van der Waals surface area contributed by atoms with E-state index in [2.05, 4.69) is 15.3 Å². The molecule has 0 radical (unpaired) electrons. The monoisotopic (exact) mass is 432 g/mol. The normalized spacial score (nSPS) is 10.4. The number of benzene rings is 2. The molecule has 0 aliphatic heterocycles. The summed E-state index contributed by atoms with van der Waals surface area (Å²) in [4.78, 5) is 21.3. The predicted molar refractivity (Wildman–Crippen MR) is 113 cm³/mol. The third-order valence-electron chi connectivity index (χ3n) is 4.07. The number of para-hydroxylation sites is 1. The van der Waals surface area contributed by atoms with E-state index in [9.17, 15) is 9.18 Å². The Morgan fingerprint density at radius 1 is 1.10 bits per heavy atom. The number of anilines is 2. The Morgan fingerprint density at radius 3 is 2.55 bits per heavy atom. The van der Waals surface area contributed by atoms with Crippen LogP contribution in [0.1, 0.15) is 0 Å². The van der Waals surface area contributed by atoms with Crippen molar-refractivity contribution in [2.45, 2.75) is 0 Å². The van der Waals surface area contributed by atoms with Crippen molar-refractivity contribution in [3.8, 4) is 11.5 Å². The summed E-state index contributed by atoms with van der Waals surface area (Å²) < 4.78 is 20.1. The second-order valence-electron chi connectivity index (χ2n) is 6.01. The van der Waals surface area contributed by atoms with Gasteiger partial charge in [0.1, 0.15) is 17.2 Å². The molecule has 0 aliphatic carbocycles. The van der Waals surface area contributed by atoms with Crippen molar-refractivity contribution in [1.82, 2.24) is 14.5 Å². The highest BCUT2D eigenvalue weighted by atomic mass is 35.5. The van der Waals surface area contributed by atoms with Gasteiger partial charge in [0.15, 0.2) is 5.75 Å². The molecule has 4 aromatic rings. The van der Waals surface area contributed by atoms with Gasteiger partial charge in [0, 0.05) is 24.3 Å². The molecule has 1 N–H and O–H groups in total. The minimum atomic E-state index is -0.362. The molecule has 0 unspecified atom stereocenters. The second-order valence-corrected chi connectivity index (χ2v) is 6.42. The number of aryl methyl sites for hydroxylation is 1. The molecule has 29 heavy (non-hydrogen) atoms. The first-order chi connectivity index (χ1) is 13.5. The SMILES string of the molecule is Cl.Cn1c(=O)c(Oc2ccccc2Cl)cc2cnc(Nc3ccc(F)cc3)nc21. The van der Waals surface area contributed by atoms with Gasteiger partial charge in [-0.2, -0.15) is 4.98 Å². The first-order valence-electron chi connectivity index (χ1n) is 8.33. The minimum absolute atomic E-state index is 0. The summed E-state index contributed by atoms with van der Waals surface area (Å²) in [6, 6.07) is 14.3. The fourth-order valence-electron chi connectivity index (χ4n) is 2.66. The second kappa shape index (κ2) is 8.46. The van der Waals surface area contributed by atoms with E-state index in [0.717, 1.165) is 0 Å². The molecular weight excluding hydrogens is 418 g/mol. The van der Waals surface area contributed by atoms with Gasteiger partial charge in [-0.3, -0.25) is 9.36 Å². The summed E-state index contributed by atoms with van der Waals surface area (Å²) in [6.45, 7) is 0. The van der Waals surface area contributed by atoms with Crippen molar-refractivity contribution in [2.75, 3.05) is 5.32 Å². The molecule has 148 valence electrons. The zero-order chi connectivity index (χ0) is 19.7. The minimum Gasteiger partial charge on any atom is -0.450 e. The number of fused-ring (bicyclic) bond motifs is 1. The number of halogens is 3. The van der Waals surface area contributed by atoms with Crippen LogP contribution in [0.25, 0.3) is 11.0 Å². The molecule has 2 aromatic carbocycles. The molecule has 0 spiro atoms. The smallest absolute Gasteiger partial charge is 0.294 e. The predicted octanol–water partition coefficient (Wildman–Crippen LogP) is 5.08. The van der Waals surface area contributed by atoms with Gasteiger partial charge in [0.2, 0.25) is 5.95 Å². The van der Waals surface area contributed by atoms with Crippen LogP contribution >= 0.6 is 24.0 Å². The van der Waals surface area contributed by atoms with Gasteiger partial charge in [-0.25, -0.2) is 9.37 Å². The van der Waals surface area contributed by atoms with Gasteiger partial charge in [-0.05, 0) is 42.5 Å². The zero-order valence-electron chi connectivity index (χ0n) is 15.1. The highest BCUT2D eigenvalue weighted by Crippen LogP contribution is 2.28. The van der Waals surface area contributed by atoms with Gasteiger partial charge in [0.25, 0.3) is 5.56 Å². The Kier molecular flexibility index (Phi) is 6.00. The summed E-state index contributed by atoms with van der Waals surface area (Å²) in [5.41, 5.74) is 0.694. The Hall–Kier alpha value is -3.16. The number of hydrogen-bond acceptors (Lipinski definition) is 5. The number of aromatic nitrogens is 3. The van der Waals surface area contributed by atoms with E-state index in [1.54, 1.807) is 55.7 Å². The van der Waals surface area contributed by atoms with Crippen molar-refractivity contribution >= 4 is 46.7 Å². The van der Waals surface area contributed by atoms with E-state index in [0.29, 0.717) is 27.5 Å². The lowest BCUT2D eigenvalue weighted by Gasteiger charge is -2.11. The molecular formula is C20H15Cl2FN4O2. The largest absolute Gasteiger partial charge is 0.450 e. The van der Waals surface area contributed by atoms with E-state index in [4.69, 9.17) is 16.3 Å². The van der Waals surface area contributed by atoms with Gasteiger partial charge >= 0.3 is 0 Å². The lowest BCUT2D eigenvalue weighted by atomic mass is 10.3. The maximum atomic E-state index is 13.0. The zero-order valence-corrected chi connectivity index (χ0v) is 16.7. The molecule has 0 aliphatic rings. The summed E-state index contributed by atoms with van der Waals surface area (Å²) in [5.74, 6) is 0.453. The fraction of sp³-hybridized carbons (Fsp3) is 0.0500. The number of nitrogens with one attached hydrogen (secondary N) is 1. The van der Waals surface area contributed by atoms with Crippen LogP contribution in [0.5, 0.6) is 11.5 Å². The molecule has 0 saturated heterocycles. The molecule has 4 rings (SSSR count). The Labute approximate surface area is 176 Å². The van der Waals surface area contributed by atoms with Crippen molar-refractivity contribution in [2.24, 2.45) is 7.05 Å². The van der Waals surface area contributed by atoms with Crippen LogP contribution in [-0.4, -0.2) is 14.5 Å². The van der Waals surface area contributed by atoms with Gasteiger partial charge < -0.3 is 10.1 Å². The first-order valence-corrected chi connectivity index (χ1v) is 8.71. The third kappa shape index (κ3) is 4.31. The molecule has 0 atom stereocenters. The molecule has 0 amide bonds. The first kappa shape index (κ1) is 20.6. The third-order valence-corrected chi connectivity index (χ3v) is 4.38. The van der Waals surface area contributed by atoms with Crippen LogP contribution in [0.3, 0.4) is 0 Å². The average Bonchev–Trinajstić information content (AvgIpc) is 2.70. The van der Waals surface area contributed by atoms with E-state index in [1.165, 1.54) is 16.7 Å². The Balaban J connectivity index is 0.00000240. The van der Waals surface area contributed by atoms with Crippen LogP contribution < -0.4 is 15.6 Å². The van der Waals surface area contributed by atoms with Crippen LogP contribution in [0.15, 0.2) is 65.6 Å². The van der Waals surface area contributed by atoms with Gasteiger partial charge in [-0.1, -0.05) is 23.7 Å². The van der Waals surface area contributed by atoms with Crippen LogP contribution in [0.4, 0.5) is 16.0 Å². The molecule has 0 bridgehead atoms. The summed E-state index contributed by atoms with van der Waals surface area (Å²) in [5, 5.41) is 4.00. The van der Waals surface area contributed by atoms with Crippen molar-refractivity contribution in [3.63, 3.8) is 0 Å². The number of rotatable bonds is 4. The van der Waals surface area contributed by atoms with E-state index in [-0.39, 0.29) is 35.5 Å². The van der Waals surface area contributed by atoms with Crippen LogP contribution in [0.2, 0.25) is 5.02 Å². The molecule has 0 fully saturated rings. The van der Waals surface area contributed by atoms with E-state index in [1.807, 2.05) is 0 Å². The molecule has 6 nitrogen and oxygen atoms in total. The average molecular weight is 433 g/mol. The number of pyridine rings is 1. The Morgan fingerprint density at radius 2 is 1.83 bits per heavy atom. The van der Waals surface area contributed by atoms with Crippen molar-refractivity contribution < 1.29 is 9.13 Å². The highest BCUT2D eigenvalue weighted by molar-refractivity contribution is 6.32. The topological polar surface area (TPSA) is 69.0 Å². The summed E-state index contributed by atoms with van der Waals surface area (Å²) in [7, 11) is 1.60. The maximum absolute atomic E-state index is 13.0. The Bertz CT molecular complexity index is 1230. The molecule has 2 aromatic heterocycles. The van der Waals surface area contributed by atoms with Crippen LogP contribution in [0, 0.1) is 5.82 Å². The standard InChI is InChI=1S/C20H14ClFN4O2.ClH/c1-26-18-12(10-17(19(26)27)28-16-5-3-2-4-15(16)21)11-23-20(25-18)24-14-8-6-13(22)7-9-14;/h2-11H,1H3,(H,23,24,25);1H. The van der Waals surface area contributed by atoms with Crippen LogP contribution in [-0.2, 0) is 7.05 Å². The quantitative estimate of drug-likeness (QED) is 0.486. The summed E-state index contributed by atoms with van der Waals surface area (Å²) in [6.07, 6.45) is 1.58. The van der Waals surface area contributed by atoms with Gasteiger partial charge in [-0.15, -0.1) is 12.4 Å². The van der Waals surface area contributed by atoms with Crippen molar-refractivity contribution in [3.05, 3.63) is 82.0 Å². The van der Waals surface area contributed by atoms with Gasteiger partial charge in [0.05, 0.1) is 5.02 Å². The lowest BCUT2D eigenvalue weighted by molar-refractivity contribution is 0.472. The lowest BCUT2D eigenvalue weighted by Crippen LogP contribution is -2.19. The van der Waals surface area contributed by atoms with Crippen molar-refractivity contribution in [1.29, 1.82) is 0 Å². The fourth-order valence-corrected chi connectivity index (χ4v) is 2.83. The highest BCUT2D eigenvalue weighted by Gasteiger charge is 2.12. The molecule has 9 heteroatoms. The molecule has 0 saturated carbocycles. The van der Waals surface area contributed by atoms with E-state index >= 15 is 0 Å². The number of hydrogen-bond donors (Lipinski definition) is 1. The number of nitrogens with zero attached hydrogens (tertiary/aromatic N) is 3. The molecule has 2 heterocycles. The summed E-state index contributed by atoms with van der Waals surface area (Å²) >= 11 is 6.10. The number of ether oxygens (including phenoxy) is 1.